The van der Waals surface area contributed by atoms with Crippen LogP contribution in [-0.2, 0) is 6.42 Å². The molecule has 0 aromatic carbocycles. The largest absolute Gasteiger partial charge is 0.384 e. The van der Waals surface area contributed by atoms with Crippen LogP contribution in [0.25, 0.3) is 0 Å². The summed E-state index contributed by atoms with van der Waals surface area (Å²) in [5.41, 5.74) is 6.35. The van der Waals surface area contributed by atoms with Gasteiger partial charge in [-0.15, -0.1) is 0 Å². The number of aryl methyl sites for hydroxylation is 1. The zero-order chi connectivity index (χ0) is 14.5. The zero-order valence-corrected chi connectivity index (χ0v) is 12.8. The highest BCUT2D eigenvalue weighted by molar-refractivity contribution is 7.99. The average Bonchev–Trinajstić information content (AvgIpc) is 2.37. The van der Waals surface area contributed by atoms with E-state index in [1.165, 1.54) is 29.6 Å². The summed E-state index contributed by atoms with van der Waals surface area (Å²) >= 11 is 2.69. The van der Waals surface area contributed by atoms with Gasteiger partial charge < -0.3 is 10.7 Å². The van der Waals surface area contributed by atoms with E-state index in [2.05, 4.69) is 19.9 Å². The molecular formula is C12H15N5OS2. The summed E-state index contributed by atoms with van der Waals surface area (Å²) in [4.78, 5) is 27.1. The van der Waals surface area contributed by atoms with Crippen molar-refractivity contribution in [1.82, 2.24) is 19.9 Å². The molecule has 0 unspecified atom stereocenters. The van der Waals surface area contributed by atoms with Gasteiger partial charge in [-0.3, -0.25) is 4.79 Å². The standard InChI is InChI=1S/C12H15N5OS2/c1-3-4-7-5-9(18)16-12(14-7)20-10-6-8(13)15-11(17-10)19-2/h5-6H,3-4H2,1-2H3,(H2,13,15,17)(H,14,16,18). The molecule has 0 aliphatic carbocycles. The predicted molar refractivity (Wildman–Crippen MR) is 81.2 cm³/mol. The third kappa shape index (κ3) is 3.97. The lowest BCUT2D eigenvalue weighted by Gasteiger charge is -2.04. The summed E-state index contributed by atoms with van der Waals surface area (Å²) in [5.74, 6) is 0.402. The summed E-state index contributed by atoms with van der Waals surface area (Å²) in [6, 6.07) is 3.19. The van der Waals surface area contributed by atoms with E-state index >= 15 is 0 Å². The van der Waals surface area contributed by atoms with E-state index < -0.39 is 0 Å². The second-order valence-electron chi connectivity index (χ2n) is 4.01. The average molecular weight is 309 g/mol. The summed E-state index contributed by atoms with van der Waals surface area (Å²) in [6.45, 7) is 2.05. The number of anilines is 1. The molecule has 0 amide bonds. The molecule has 2 aromatic rings. The molecule has 8 heteroatoms. The van der Waals surface area contributed by atoms with Gasteiger partial charge in [0.05, 0.1) is 0 Å². The van der Waals surface area contributed by atoms with Crippen molar-refractivity contribution >= 4 is 29.3 Å². The molecule has 6 nitrogen and oxygen atoms in total. The van der Waals surface area contributed by atoms with Gasteiger partial charge in [0.1, 0.15) is 10.8 Å². The highest BCUT2D eigenvalue weighted by Crippen LogP contribution is 2.25. The second-order valence-corrected chi connectivity index (χ2v) is 5.79. The number of thioether (sulfide) groups is 1. The first-order valence-electron chi connectivity index (χ1n) is 6.07. The van der Waals surface area contributed by atoms with Crippen LogP contribution in [0.5, 0.6) is 0 Å². The topological polar surface area (TPSA) is 97.5 Å². The highest BCUT2D eigenvalue weighted by atomic mass is 32.2. The Balaban J connectivity index is 2.29. The molecule has 0 spiro atoms. The van der Waals surface area contributed by atoms with Crippen molar-refractivity contribution in [2.75, 3.05) is 12.0 Å². The van der Waals surface area contributed by atoms with E-state index in [9.17, 15) is 4.79 Å². The number of nitrogen functional groups attached to an aromatic ring is 1. The van der Waals surface area contributed by atoms with Gasteiger partial charge in [0, 0.05) is 17.8 Å². The van der Waals surface area contributed by atoms with Crippen LogP contribution in [-0.4, -0.2) is 26.2 Å². The van der Waals surface area contributed by atoms with Crippen LogP contribution in [0.15, 0.2) is 32.3 Å². The van der Waals surface area contributed by atoms with Gasteiger partial charge in [-0.25, -0.2) is 15.0 Å². The molecule has 2 rings (SSSR count). The van der Waals surface area contributed by atoms with Gasteiger partial charge in [-0.2, -0.15) is 0 Å². The van der Waals surface area contributed by atoms with Crippen molar-refractivity contribution in [2.45, 2.75) is 35.1 Å². The van der Waals surface area contributed by atoms with Crippen molar-refractivity contribution in [2.24, 2.45) is 0 Å². The number of hydrogen-bond donors (Lipinski definition) is 2. The minimum atomic E-state index is -0.155. The first kappa shape index (κ1) is 14.9. The smallest absolute Gasteiger partial charge is 0.251 e. The molecule has 0 saturated heterocycles. The number of nitrogens with one attached hydrogen (secondary N) is 1. The lowest BCUT2D eigenvalue weighted by Crippen LogP contribution is -2.10. The molecule has 0 saturated carbocycles. The molecular weight excluding hydrogens is 294 g/mol. The Kier molecular flexibility index (Phi) is 5.02. The molecule has 0 aliphatic heterocycles. The molecule has 0 aliphatic rings. The molecule has 0 fully saturated rings. The third-order valence-corrected chi connectivity index (χ3v) is 3.72. The van der Waals surface area contributed by atoms with Crippen LogP contribution >= 0.6 is 23.5 Å². The van der Waals surface area contributed by atoms with Gasteiger partial charge >= 0.3 is 0 Å². The lowest BCUT2D eigenvalue weighted by atomic mass is 10.2. The van der Waals surface area contributed by atoms with E-state index in [1.807, 2.05) is 13.2 Å². The number of nitrogens with two attached hydrogens (primary N) is 1. The predicted octanol–water partition coefficient (Wildman–Crippen LogP) is 1.97. The van der Waals surface area contributed by atoms with Crippen molar-refractivity contribution in [3.05, 3.63) is 28.2 Å². The van der Waals surface area contributed by atoms with Crippen molar-refractivity contribution in [3.8, 4) is 0 Å². The van der Waals surface area contributed by atoms with Crippen molar-refractivity contribution in [1.29, 1.82) is 0 Å². The van der Waals surface area contributed by atoms with E-state index in [0.29, 0.717) is 21.2 Å². The van der Waals surface area contributed by atoms with Gasteiger partial charge in [-0.05, 0) is 24.4 Å². The monoisotopic (exact) mass is 309 g/mol. The number of H-pyrrole nitrogens is 1. The number of nitrogens with zero attached hydrogens (tertiary/aromatic N) is 3. The number of aromatic nitrogens is 4. The van der Waals surface area contributed by atoms with Crippen LogP contribution in [0.3, 0.4) is 0 Å². The summed E-state index contributed by atoms with van der Waals surface area (Å²) in [7, 11) is 0. The van der Waals surface area contributed by atoms with Crippen LogP contribution in [0.1, 0.15) is 19.0 Å². The van der Waals surface area contributed by atoms with E-state index in [0.717, 1.165) is 18.5 Å². The van der Waals surface area contributed by atoms with Crippen LogP contribution in [0.2, 0.25) is 0 Å². The van der Waals surface area contributed by atoms with Gasteiger partial charge in [0.2, 0.25) is 0 Å². The van der Waals surface area contributed by atoms with E-state index in [4.69, 9.17) is 5.73 Å². The molecule has 0 radical (unpaired) electrons. The first-order chi connectivity index (χ1) is 9.60. The summed E-state index contributed by atoms with van der Waals surface area (Å²) in [6.07, 6.45) is 3.60. The molecule has 3 N–H and O–H groups in total. The van der Waals surface area contributed by atoms with Crippen LogP contribution < -0.4 is 11.3 Å². The van der Waals surface area contributed by atoms with Crippen molar-refractivity contribution in [3.63, 3.8) is 0 Å². The SMILES string of the molecule is CCCc1cc(=O)[nH]c(Sc2cc(N)nc(SC)n2)n1. The molecule has 20 heavy (non-hydrogen) atoms. The number of rotatable bonds is 5. The van der Waals surface area contributed by atoms with E-state index in [1.54, 1.807) is 6.07 Å². The fourth-order valence-electron chi connectivity index (χ4n) is 1.58. The normalized spacial score (nSPS) is 10.7. The number of aromatic amines is 1. The Labute approximate surface area is 125 Å². The third-order valence-electron chi connectivity index (χ3n) is 2.36. The maximum atomic E-state index is 11.6. The lowest BCUT2D eigenvalue weighted by molar-refractivity contribution is 0.812. The Morgan fingerprint density at radius 3 is 2.80 bits per heavy atom. The zero-order valence-electron chi connectivity index (χ0n) is 11.2. The molecule has 0 atom stereocenters. The highest BCUT2D eigenvalue weighted by Gasteiger charge is 2.07. The van der Waals surface area contributed by atoms with Crippen LogP contribution in [0.4, 0.5) is 5.82 Å². The summed E-state index contributed by atoms with van der Waals surface area (Å²) in [5, 5.41) is 1.78. The maximum Gasteiger partial charge on any atom is 0.251 e. The Hall–Kier alpha value is -1.54. The maximum absolute atomic E-state index is 11.6. The van der Waals surface area contributed by atoms with Gasteiger partial charge in [0.15, 0.2) is 10.3 Å². The van der Waals surface area contributed by atoms with Crippen molar-refractivity contribution < 1.29 is 0 Å². The Morgan fingerprint density at radius 1 is 1.30 bits per heavy atom. The number of hydrogen-bond acceptors (Lipinski definition) is 7. The first-order valence-corrected chi connectivity index (χ1v) is 8.11. The Bertz CT molecular complexity index is 659. The minimum Gasteiger partial charge on any atom is -0.384 e. The molecule has 2 aromatic heterocycles. The van der Waals surface area contributed by atoms with Gasteiger partial charge in [-0.1, -0.05) is 25.1 Å². The quantitative estimate of drug-likeness (QED) is 0.495. The minimum absolute atomic E-state index is 0.155. The molecule has 2 heterocycles. The Morgan fingerprint density at radius 2 is 2.10 bits per heavy atom. The fourth-order valence-corrected chi connectivity index (χ4v) is 2.85. The molecule has 106 valence electrons. The summed E-state index contributed by atoms with van der Waals surface area (Å²) < 4.78 is 0. The van der Waals surface area contributed by atoms with Gasteiger partial charge in [0.25, 0.3) is 5.56 Å². The van der Waals surface area contributed by atoms with E-state index in [-0.39, 0.29) is 5.56 Å². The van der Waals surface area contributed by atoms with Crippen LogP contribution in [0, 0.1) is 0 Å². The fraction of sp³-hybridized carbons (Fsp3) is 0.333. The molecule has 0 bridgehead atoms. The second kappa shape index (κ2) is 6.76.